The molecular weight excluding hydrogens is 419 g/mol. The summed E-state index contributed by atoms with van der Waals surface area (Å²) in [5.41, 5.74) is 0.224. The fourth-order valence-electron chi connectivity index (χ4n) is 2.76. The molecule has 0 fully saturated rings. The Morgan fingerprint density at radius 1 is 1.00 bits per heavy atom. The van der Waals surface area contributed by atoms with Crippen molar-refractivity contribution in [3.05, 3.63) is 94.5 Å². The molecule has 3 aromatic carbocycles. The Morgan fingerprint density at radius 3 is 2.48 bits per heavy atom. The quantitative estimate of drug-likeness (QED) is 0.436. The number of rotatable bonds is 4. The number of benzene rings is 3. The zero-order valence-electron chi connectivity index (χ0n) is 14.6. The highest BCUT2D eigenvalue weighted by Crippen LogP contribution is 2.36. The lowest BCUT2D eigenvalue weighted by Crippen LogP contribution is -2.09. The van der Waals surface area contributed by atoms with E-state index in [-0.39, 0.29) is 38.3 Å². The van der Waals surface area contributed by atoms with Crippen LogP contribution in [0.25, 0.3) is 6.08 Å². The SMILES string of the molecule is O=C1/C(=C/c2c(F)cccc2Cl)Oc2cc(OS(=O)(=O)c3ccccc3)ccc21. The van der Waals surface area contributed by atoms with Crippen LogP contribution in [0.3, 0.4) is 0 Å². The number of allylic oxidation sites excluding steroid dienone is 1. The number of halogens is 2. The summed E-state index contributed by atoms with van der Waals surface area (Å²) >= 11 is 5.98. The zero-order chi connectivity index (χ0) is 20.6. The van der Waals surface area contributed by atoms with Gasteiger partial charge in [-0.3, -0.25) is 4.79 Å². The largest absolute Gasteiger partial charge is 0.452 e. The van der Waals surface area contributed by atoms with Crippen LogP contribution in [-0.4, -0.2) is 14.2 Å². The minimum atomic E-state index is -4.04. The Hall–Kier alpha value is -3.16. The normalized spacial score (nSPS) is 14.6. The third-order valence-electron chi connectivity index (χ3n) is 4.15. The molecule has 0 unspecified atom stereocenters. The zero-order valence-corrected chi connectivity index (χ0v) is 16.2. The second kappa shape index (κ2) is 7.35. The van der Waals surface area contributed by atoms with Gasteiger partial charge in [0.25, 0.3) is 0 Å². The fraction of sp³-hybridized carbons (Fsp3) is 0. The van der Waals surface area contributed by atoms with Crippen LogP contribution in [-0.2, 0) is 10.1 Å². The molecule has 0 saturated heterocycles. The van der Waals surface area contributed by atoms with Gasteiger partial charge >= 0.3 is 10.1 Å². The van der Waals surface area contributed by atoms with E-state index in [4.69, 9.17) is 20.5 Å². The summed E-state index contributed by atoms with van der Waals surface area (Å²) in [6, 6.07) is 15.8. The van der Waals surface area contributed by atoms with E-state index in [0.29, 0.717) is 0 Å². The van der Waals surface area contributed by atoms with Gasteiger partial charge in [-0.2, -0.15) is 8.42 Å². The van der Waals surface area contributed by atoms with Gasteiger partial charge in [-0.05, 0) is 42.5 Å². The molecule has 1 heterocycles. The van der Waals surface area contributed by atoms with Crippen LogP contribution in [0.4, 0.5) is 4.39 Å². The van der Waals surface area contributed by atoms with Gasteiger partial charge < -0.3 is 8.92 Å². The molecule has 4 rings (SSSR count). The second-order valence-electron chi connectivity index (χ2n) is 6.08. The van der Waals surface area contributed by atoms with Crippen molar-refractivity contribution in [3.63, 3.8) is 0 Å². The molecule has 0 atom stereocenters. The van der Waals surface area contributed by atoms with Crippen LogP contribution < -0.4 is 8.92 Å². The number of fused-ring (bicyclic) bond motifs is 1. The van der Waals surface area contributed by atoms with Crippen LogP contribution in [0, 0.1) is 5.82 Å². The van der Waals surface area contributed by atoms with Crippen molar-refractivity contribution < 1.29 is 26.5 Å². The van der Waals surface area contributed by atoms with E-state index in [1.165, 1.54) is 54.6 Å². The van der Waals surface area contributed by atoms with E-state index < -0.39 is 21.7 Å². The van der Waals surface area contributed by atoms with Crippen molar-refractivity contribution in [1.29, 1.82) is 0 Å². The van der Waals surface area contributed by atoms with Crippen LogP contribution in [0.5, 0.6) is 11.5 Å². The molecular formula is C21H12ClFO5S. The topological polar surface area (TPSA) is 69.7 Å². The number of ketones is 1. The molecule has 1 aliphatic heterocycles. The Bertz CT molecular complexity index is 1230. The summed E-state index contributed by atoms with van der Waals surface area (Å²) in [5, 5.41) is 0.128. The third kappa shape index (κ3) is 3.74. The van der Waals surface area contributed by atoms with Crippen LogP contribution in [0.15, 0.2) is 77.4 Å². The minimum absolute atomic E-state index is 0.00715. The third-order valence-corrected chi connectivity index (χ3v) is 5.75. The summed E-state index contributed by atoms with van der Waals surface area (Å²) in [7, 11) is -4.04. The lowest BCUT2D eigenvalue weighted by atomic mass is 10.1. The second-order valence-corrected chi connectivity index (χ2v) is 8.04. The Labute approximate surface area is 171 Å². The molecule has 0 saturated carbocycles. The molecule has 0 amide bonds. The van der Waals surface area contributed by atoms with E-state index >= 15 is 0 Å². The minimum Gasteiger partial charge on any atom is -0.452 e. The summed E-state index contributed by atoms with van der Waals surface area (Å²) in [6.45, 7) is 0. The molecule has 0 aliphatic carbocycles. The Balaban J connectivity index is 1.64. The lowest BCUT2D eigenvalue weighted by Gasteiger charge is -2.07. The number of carbonyl (C=O) groups excluding carboxylic acids is 1. The maximum absolute atomic E-state index is 14.0. The first-order valence-electron chi connectivity index (χ1n) is 8.37. The smallest absolute Gasteiger partial charge is 0.339 e. The average molecular weight is 431 g/mol. The molecule has 0 bridgehead atoms. The van der Waals surface area contributed by atoms with E-state index in [2.05, 4.69) is 0 Å². The molecule has 146 valence electrons. The number of Topliss-reactive ketones (excluding diaryl/α,β-unsaturated/α-hetero) is 1. The predicted molar refractivity (Wildman–Crippen MR) is 105 cm³/mol. The molecule has 0 N–H and O–H groups in total. The van der Waals surface area contributed by atoms with Gasteiger partial charge in [-0.1, -0.05) is 35.9 Å². The fourth-order valence-corrected chi connectivity index (χ4v) is 3.92. The van der Waals surface area contributed by atoms with Crippen LogP contribution in [0.1, 0.15) is 15.9 Å². The van der Waals surface area contributed by atoms with Crippen LogP contribution in [0.2, 0.25) is 5.02 Å². The van der Waals surface area contributed by atoms with Crippen molar-refractivity contribution in [2.45, 2.75) is 4.90 Å². The highest BCUT2D eigenvalue weighted by molar-refractivity contribution is 7.87. The van der Waals surface area contributed by atoms with Crippen molar-refractivity contribution in [1.82, 2.24) is 0 Å². The number of hydrogen-bond acceptors (Lipinski definition) is 5. The number of ether oxygens (including phenoxy) is 1. The first kappa shape index (κ1) is 19.2. The molecule has 1 aliphatic rings. The molecule has 5 nitrogen and oxygen atoms in total. The molecule has 0 spiro atoms. The van der Waals surface area contributed by atoms with Crippen molar-refractivity contribution in [3.8, 4) is 11.5 Å². The van der Waals surface area contributed by atoms with Crippen molar-refractivity contribution in [2.75, 3.05) is 0 Å². The van der Waals surface area contributed by atoms with Gasteiger partial charge in [0.2, 0.25) is 5.78 Å². The Kier molecular flexibility index (Phi) is 4.86. The standard InChI is InChI=1S/C21H12ClFO5S/c22-17-7-4-8-18(23)16(17)12-20-21(24)15-10-9-13(11-19(15)27-20)28-29(25,26)14-5-2-1-3-6-14/h1-12H/b20-12-. The van der Waals surface area contributed by atoms with Crippen LogP contribution >= 0.6 is 11.6 Å². The molecule has 8 heteroatoms. The predicted octanol–water partition coefficient (Wildman–Crippen LogP) is 4.86. The maximum Gasteiger partial charge on any atom is 0.339 e. The van der Waals surface area contributed by atoms with E-state index in [1.807, 2.05) is 0 Å². The highest BCUT2D eigenvalue weighted by atomic mass is 35.5. The first-order valence-corrected chi connectivity index (χ1v) is 10.2. The lowest BCUT2D eigenvalue weighted by molar-refractivity contribution is 0.101. The van der Waals surface area contributed by atoms with Gasteiger partial charge in [-0.25, -0.2) is 4.39 Å². The molecule has 29 heavy (non-hydrogen) atoms. The van der Waals surface area contributed by atoms with E-state index in [1.54, 1.807) is 18.2 Å². The number of carbonyl (C=O) groups is 1. The summed E-state index contributed by atoms with van der Waals surface area (Å²) in [4.78, 5) is 12.5. The van der Waals surface area contributed by atoms with E-state index in [9.17, 15) is 17.6 Å². The van der Waals surface area contributed by atoms with E-state index in [0.717, 1.165) is 0 Å². The van der Waals surface area contributed by atoms with Gasteiger partial charge in [0.15, 0.2) is 5.76 Å². The highest BCUT2D eigenvalue weighted by Gasteiger charge is 2.29. The van der Waals surface area contributed by atoms with Crippen molar-refractivity contribution >= 4 is 33.6 Å². The first-order chi connectivity index (χ1) is 13.8. The monoisotopic (exact) mass is 430 g/mol. The summed E-state index contributed by atoms with van der Waals surface area (Å²) < 4.78 is 49.3. The molecule has 0 aromatic heterocycles. The van der Waals surface area contributed by atoms with Gasteiger partial charge in [0.1, 0.15) is 22.2 Å². The average Bonchev–Trinajstić information content (AvgIpc) is 3.00. The summed E-state index contributed by atoms with van der Waals surface area (Å²) in [5.74, 6) is -1.12. The summed E-state index contributed by atoms with van der Waals surface area (Å²) in [6.07, 6.45) is 1.21. The van der Waals surface area contributed by atoms with Gasteiger partial charge in [0, 0.05) is 11.6 Å². The van der Waals surface area contributed by atoms with Crippen molar-refractivity contribution in [2.24, 2.45) is 0 Å². The Morgan fingerprint density at radius 2 is 1.76 bits per heavy atom. The van der Waals surface area contributed by atoms with Gasteiger partial charge in [-0.15, -0.1) is 0 Å². The molecule has 3 aromatic rings. The molecule has 0 radical (unpaired) electrons. The number of hydrogen-bond donors (Lipinski definition) is 0. The maximum atomic E-state index is 14.0. The van der Waals surface area contributed by atoms with Gasteiger partial charge in [0.05, 0.1) is 10.6 Å².